The molecule has 0 unspecified atom stereocenters. The Hall–Kier alpha value is -1.27. The van der Waals surface area contributed by atoms with E-state index >= 15 is 0 Å². The van der Waals surface area contributed by atoms with E-state index in [1.165, 1.54) is 18.3 Å². The summed E-state index contributed by atoms with van der Waals surface area (Å²) in [6.45, 7) is -0.0579. The zero-order chi connectivity index (χ0) is 14.5. The van der Waals surface area contributed by atoms with Gasteiger partial charge in [0, 0.05) is 12.7 Å². The van der Waals surface area contributed by atoms with Crippen molar-refractivity contribution in [1.82, 2.24) is 9.71 Å². The van der Waals surface area contributed by atoms with Crippen molar-refractivity contribution in [2.45, 2.75) is 11.3 Å². The van der Waals surface area contributed by atoms with Gasteiger partial charge in [0.25, 0.3) is 0 Å². The SMILES string of the molecule is NNc1ncccc1S(=O)(=O)NCCCS(N)(=O)=O. The molecule has 6 N–H and O–H groups in total. The second-order valence-corrected chi connectivity index (χ2v) is 7.08. The first kappa shape index (κ1) is 15.8. The summed E-state index contributed by atoms with van der Waals surface area (Å²) < 4.78 is 47.4. The number of rotatable bonds is 7. The number of anilines is 1. The molecule has 1 aromatic heterocycles. The third-order valence-electron chi connectivity index (χ3n) is 2.09. The Balaban J connectivity index is 2.71. The van der Waals surface area contributed by atoms with Gasteiger partial charge in [-0.15, -0.1) is 0 Å². The zero-order valence-electron chi connectivity index (χ0n) is 9.90. The van der Waals surface area contributed by atoms with Gasteiger partial charge in [0.15, 0.2) is 5.82 Å². The van der Waals surface area contributed by atoms with Crippen LogP contribution in [0.15, 0.2) is 23.2 Å². The van der Waals surface area contributed by atoms with Crippen LogP contribution in [0, 0.1) is 0 Å². The molecule has 0 aliphatic rings. The lowest BCUT2D eigenvalue weighted by atomic mass is 10.5. The summed E-state index contributed by atoms with van der Waals surface area (Å²) in [4.78, 5) is 3.64. The smallest absolute Gasteiger partial charge is 0.244 e. The molecule has 0 bridgehead atoms. The highest BCUT2D eigenvalue weighted by Crippen LogP contribution is 2.16. The van der Waals surface area contributed by atoms with Gasteiger partial charge in [-0.3, -0.25) is 0 Å². The van der Waals surface area contributed by atoms with Crippen molar-refractivity contribution >= 4 is 25.9 Å². The number of nitrogens with two attached hydrogens (primary N) is 2. The quantitative estimate of drug-likeness (QED) is 0.266. The summed E-state index contributed by atoms with van der Waals surface area (Å²) in [6.07, 6.45) is 1.46. The molecule has 1 aromatic rings. The molecule has 0 aliphatic heterocycles. The molecule has 0 fully saturated rings. The second-order valence-electron chi connectivity index (χ2n) is 3.61. The predicted molar refractivity (Wildman–Crippen MR) is 69.8 cm³/mol. The molecule has 0 amide bonds. The Morgan fingerprint density at radius 1 is 1.26 bits per heavy atom. The molecule has 0 aromatic carbocycles. The molecule has 0 aliphatic carbocycles. The highest BCUT2D eigenvalue weighted by atomic mass is 32.2. The number of pyridine rings is 1. The number of nitrogens with zero attached hydrogens (tertiary/aromatic N) is 1. The third-order valence-corrected chi connectivity index (χ3v) is 4.44. The second kappa shape index (κ2) is 6.25. The van der Waals surface area contributed by atoms with Crippen LogP contribution in [0.4, 0.5) is 5.82 Å². The number of hydrogen-bond acceptors (Lipinski definition) is 7. The van der Waals surface area contributed by atoms with E-state index < -0.39 is 20.0 Å². The predicted octanol–water partition coefficient (Wildman–Crippen LogP) is -1.68. The molecule has 0 saturated carbocycles. The standard InChI is InChI=1S/C8H15N5O4S2/c9-13-8-7(3-1-4-11-8)19(16,17)12-5-2-6-18(10,14)15/h1,3-4,12H,2,5-6,9H2,(H,11,13)(H2,10,14,15). The zero-order valence-corrected chi connectivity index (χ0v) is 11.5. The fraction of sp³-hybridized carbons (Fsp3) is 0.375. The van der Waals surface area contributed by atoms with Crippen molar-refractivity contribution in [2.75, 3.05) is 17.7 Å². The molecule has 19 heavy (non-hydrogen) atoms. The van der Waals surface area contributed by atoms with E-state index in [2.05, 4.69) is 15.1 Å². The van der Waals surface area contributed by atoms with Gasteiger partial charge in [0.2, 0.25) is 20.0 Å². The summed E-state index contributed by atoms with van der Waals surface area (Å²) in [6, 6.07) is 2.77. The van der Waals surface area contributed by atoms with Gasteiger partial charge in [-0.2, -0.15) is 0 Å². The van der Waals surface area contributed by atoms with Crippen molar-refractivity contribution in [3.05, 3.63) is 18.3 Å². The molecule has 1 heterocycles. The van der Waals surface area contributed by atoms with Crippen molar-refractivity contribution in [1.29, 1.82) is 0 Å². The van der Waals surface area contributed by atoms with E-state index in [1.807, 2.05) is 0 Å². The van der Waals surface area contributed by atoms with Crippen LogP contribution in [0.3, 0.4) is 0 Å². The Kier molecular flexibility index (Phi) is 5.20. The fourth-order valence-electron chi connectivity index (χ4n) is 1.27. The molecule has 0 atom stereocenters. The van der Waals surface area contributed by atoms with E-state index in [0.717, 1.165) is 0 Å². The summed E-state index contributed by atoms with van der Waals surface area (Å²) >= 11 is 0. The molecule has 0 spiro atoms. The van der Waals surface area contributed by atoms with E-state index in [1.54, 1.807) is 0 Å². The average Bonchev–Trinajstić information content (AvgIpc) is 2.33. The Morgan fingerprint density at radius 3 is 2.53 bits per heavy atom. The fourth-order valence-corrected chi connectivity index (χ4v) is 3.01. The van der Waals surface area contributed by atoms with Gasteiger partial charge >= 0.3 is 0 Å². The molecule has 108 valence electrons. The Bertz CT molecular complexity index is 628. The maximum absolute atomic E-state index is 11.9. The van der Waals surface area contributed by atoms with Crippen LogP contribution >= 0.6 is 0 Å². The summed E-state index contributed by atoms with van der Waals surface area (Å²) in [5.41, 5.74) is 2.17. The average molecular weight is 309 g/mol. The number of primary sulfonamides is 1. The largest absolute Gasteiger partial charge is 0.307 e. The normalized spacial score (nSPS) is 12.3. The Morgan fingerprint density at radius 2 is 1.95 bits per heavy atom. The third kappa shape index (κ3) is 5.08. The van der Waals surface area contributed by atoms with E-state index in [4.69, 9.17) is 11.0 Å². The monoisotopic (exact) mass is 309 g/mol. The number of sulfonamides is 2. The van der Waals surface area contributed by atoms with Crippen molar-refractivity contribution < 1.29 is 16.8 Å². The summed E-state index contributed by atoms with van der Waals surface area (Å²) in [5.74, 6) is 4.86. The van der Waals surface area contributed by atoms with Crippen LogP contribution in [0.25, 0.3) is 0 Å². The minimum atomic E-state index is -3.81. The van der Waals surface area contributed by atoms with Gasteiger partial charge < -0.3 is 5.43 Å². The van der Waals surface area contributed by atoms with Crippen LogP contribution in [0.2, 0.25) is 0 Å². The van der Waals surface area contributed by atoms with Crippen LogP contribution in [-0.4, -0.2) is 34.1 Å². The van der Waals surface area contributed by atoms with Gasteiger partial charge in [-0.25, -0.2) is 37.5 Å². The van der Waals surface area contributed by atoms with Crippen molar-refractivity contribution in [2.24, 2.45) is 11.0 Å². The van der Waals surface area contributed by atoms with Gasteiger partial charge in [0.1, 0.15) is 4.90 Å². The molecule has 9 nitrogen and oxygen atoms in total. The molecular weight excluding hydrogens is 294 g/mol. The summed E-state index contributed by atoms with van der Waals surface area (Å²) in [7, 11) is -7.41. The molecule has 1 rings (SSSR count). The van der Waals surface area contributed by atoms with Gasteiger partial charge in [0.05, 0.1) is 5.75 Å². The Labute approximate surface area is 111 Å². The van der Waals surface area contributed by atoms with E-state index in [9.17, 15) is 16.8 Å². The lowest BCUT2D eigenvalue weighted by molar-refractivity contribution is 0.576. The van der Waals surface area contributed by atoms with E-state index in [-0.39, 0.29) is 29.4 Å². The van der Waals surface area contributed by atoms with Crippen molar-refractivity contribution in [3.8, 4) is 0 Å². The van der Waals surface area contributed by atoms with Crippen LogP contribution < -0.4 is 21.1 Å². The van der Waals surface area contributed by atoms with E-state index in [0.29, 0.717) is 0 Å². The lowest BCUT2D eigenvalue weighted by Crippen LogP contribution is -2.28. The molecule has 11 heteroatoms. The topological polar surface area (TPSA) is 157 Å². The number of nitrogen functional groups attached to an aromatic ring is 1. The molecule has 0 saturated heterocycles. The lowest BCUT2D eigenvalue weighted by Gasteiger charge is -2.09. The number of hydrogen-bond donors (Lipinski definition) is 4. The first-order chi connectivity index (χ1) is 8.76. The number of hydrazine groups is 1. The molecule has 0 radical (unpaired) electrons. The number of aromatic nitrogens is 1. The first-order valence-electron chi connectivity index (χ1n) is 5.18. The maximum atomic E-state index is 11.9. The maximum Gasteiger partial charge on any atom is 0.244 e. The minimum absolute atomic E-state index is 0.00134. The van der Waals surface area contributed by atoms with Crippen LogP contribution in [-0.2, 0) is 20.0 Å². The minimum Gasteiger partial charge on any atom is -0.307 e. The highest BCUT2D eigenvalue weighted by molar-refractivity contribution is 7.89. The van der Waals surface area contributed by atoms with Gasteiger partial charge in [-0.1, -0.05) is 0 Å². The van der Waals surface area contributed by atoms with Crippen LogP contribution in [0.1, 0.15) is 6.42 Å². The summed E-state index contributed by atoms with van der Waals surface area (Å²) in [5, 5.41) is 4.80. The first-order valence-corrected chi connectivity index (χ1v) is 8.38. The van der Waals surface area contributed by atoms with Crippen LogP contribution in [0.5, 0.6) is 0 Å². The molecular formula is C8H15N5O4S2. The highest BCUT2D eigenvalue weighted by Gasteiger charge is 2.18. The van der Waals surface area contributed by atoms with Gasteiger partial charge in [-0.05, 0) is 18.6 Å². The number of nitrogens with one attached hydrogen (secondary N) is 2. The van der Waals surface area contributed by atoms with Crippen molar-refractivity contribution in [3.63, 3.8) is 0 Å².